The second-order valence-corrected chi connectivity index (χ2v) is 14.1. The first-order valence-corrected chi connectivity index (χ1v) is 16.8. The summed E-state index contributed by atoms with van der Waals surface area (Å²) >= 11 is 6.18. The Labute approximate surface area is 258 Å². The van der Waals surface area contributed by atoms with Crippen LogP contribution in [0.5, 0.6) is 0 Å². The molecule has 4 aromatic rings. The van der Waals surface area contributed by atoms with Gasteiger partial charge in [-0.2, -0.15) is 0 Å². The maximum atomic E-state index is 13.2. The summed E-state index contributed by atoms with van der Waals surface area (Å²) in [6.07, 6.45) is 10.5. The zero-order chi connectivity index (χ0) is 30.2. The second kappa shape index (κ2) is 11.8. The van der Waals surface area contributed by atoms with Crippen LogP contribution in [0.2, 0.25) is 5.02 Å². The minimum Gasteiger partial charge on any atom is -0.371 e. The zero-order valence-corrected chi connectivity index (χ0v) is 26.3. The molecule has 226 valence electrons. The highest BCUT2D eigenvalue weighted by Gasteiger charge is 2.38. The summed E-state index contributed by atoms with van der Waals surface area (Å²) in [5.74, 6) is 0.177. The highest BCUT2D eigenvalue weighted by atomic mass is 35.5. The molecule has 0 bridgehead atoms. The number of sulfonamides is 1. The van der Waals surface area contributed by atoms with Crippen molar-refractivity contribution in [2.45, 2.75) is 57.4 Å². The first kappa shape index (κ1) is 29.5. The van der Waals surface area contributed by atoms with Crippen LogP contribution >= 0.6 is 11.6 Å². The number of aryl methyl sites for hydroxylation is 3. The van der Waals surface area contributed by atoms with E-state index in [0.717, 1.165) is 62.8 Å². The van der Waals surface area contributed by atoms with Crippen LogP contribution in [0, 0.1) is 19.3 Å². The van der Waals surface area contributed by atoms with Gasteiger partial charge in [-0.3, -0.25) is 14.5 Å². The summed E-state index contributed by atoms with van der Waals surface area (Å²) in [7, 11) is -3.80. The highest BCUT2D eigenvalue weighted by Crippen LogP contribution is 2.42. The number of likely N-dealkylation sites (tertiary alicyclic amines) is 1. The molecule has 0 saturated carbocycles. The first-order chi connectivity index (χ1) is 20.6. The van der Waals surface area contributed by atoms with Gasteiger partial charge in [0.15, 0.2) is 0 Å². The number of fused-ring (bicyclic) bond motifs is 1. The van der Waals surface area contributed by atoms with Crippen molar-refractivity contribution in [3.63, 3.8) is 0 Å². The van der Waals surface area contributed by atoms with Gasteiger partial charge in [-0.1, -0.05) is 17.7 Å². The van der Waals surface area contributed by atoms with Crippen molar-refractivity contribution < 1.29 is 13.2 Å². The van der Waals surface area contributed by atoms with E-state index >= 15 is 0 Å². The molecule has 10 heteroatoms. The molecule has 1 spiro atoms. The number of piperidine rings is 2. The third kappa shape index (κ3) is 6.24. The number of amides is 1. The molecule has 0 atom stereocenters. The Bertz CT molecular complexity index is 1740. The van der Waals surface area contributed by atoms with Crippen LogP contribution in [0.15, 0.2) is 72.0 Å². The van der Waals surface area contributed by atoms with E-state index in [0.29, 0.717) is 40.2 Å². The summed E-state index contributed by atoms with van der Waals surface area (Å²) in [6, 6.07) is 14.9. The average molecular weight is 620 g/mol. The number of hydrogen-bond acceptors (Lipinski definition) is 5. The molecule has 4 heterocycles. The van der Waals surface area contributed by atoms with Gasteiger partial charge in [-0.05, 0) is 104 Å². The summed E-state index contributed by atoms with van der Waals surface area (Å²) < 4.78 is 31.2. The minimum atomic E-state index is -3.80. The topological polar surface area (TPSA) is 87.5 Å². The van der Waals surface area contributed by atoms with Crippen molar-refractivity contribution in [1.82, 2.24) is 14.5 Å². The standard InChI is InChI=1S/C33H38ClN5O3S/c1-24-22-31(25(2)21-29(24)34)43(41,42)36-27-4-3-26-7-15-38(30(26)23-27)16-8-32(40)39-19-11-33(12-20-39)9-17-37(18-10-33)28-5-13-35-14-6-28/h3-7,13-15,21-23,36H,8-12,16-20H2,1-2H3. The van der Waals surface area contributed by atoms with Gasteiger partial charge in [0.2, 0.25) is 5.91 Å². The van der Waals surface area contributed by atoms with Crippen molar-refractivity contribution in [3.8, 4) is 0 Å². The van der Waals surface area contributed by atoms with E-state index in [9.17, 15) is 13.2 Å². The molecular weight excluding hydrogens is 582 g/mol. The van der Waals surface area contributed by atoms with Crippen molar-refractivity contribution in [2.75, 3.05) is 35.8 Å². The van der Waals surface area contributed by atoms with E-state index in [1.807, 2.05) is 46.3 Å². The number of rotatable bonds is 7. The Balaban J connectivity index is 1.05. The number of anilines is 2. The molecule has 2 aliphatic rings. The molecule has 43 heavy (non-hydrogen) atoms. The lowest BCUT2D eigenvalue weighted by atomic mass is 9.71. The Kier molecular flexibility index (Phi) is 8.13. The lowest BCUT2D eigenvalue weighted by Gasteiger charge is -2.47. The van der Waals surface area contributed by atoms with Crippen LogP contribution < -0.4 is 9.62 Å². The monoisotopic (exact) mass is 619 g/mol. The van der Waals surface area contributed by atoms with Crippen LogP contribution in [0.3, 0.4) is 0 Å². The predicted molar refractivity (Wildman–Crippen MR) is 172 cm³/mol. The fourth-order valence-corrected chi connectivity index (χ4v) is 8.18. The SMILES string of the molecule is Cc1cc(S(=O)(=O)Nc2ccc3ccn(CCC(=O)N4CCC5(CC4)CCN(c4ccncc4)CC5)c3c2)c(C)cc1Cl. The normalized spacial score (nSPS) is 17.0. The number of aromatic nitrogens is 2. The maximum absolute atomic E-state index is 13.2. The molecule has 0 aliphatic carbocycles. The van der Waals surface area contributed by atoms with Gasteiger partial charge < -0.3 is 14.4 Å². The van der Waals surface area contributed by atoms with Crippen LogP contribution in [-0.2, 0) is 21.4 Å². The van der Waals surface area contributed by atoms with Gasteiger partial charge in [0.05, 0.1) is 16.1 Å². The average Bonchev–Trinajstić information content (AvgIpc) is 3.41. The van der Waals surface area contributed by atoms with Crippen molar-refractivity contribution in [1.29, 1.82) is 0 Å². The van der Waals surface area contributed by atoms with Crippen LogP contribution in [0.4, 0.5) is 11.4 Å². The lowest BCUT2D eigenvalue weighted by molar-refractivity contribution is -0.134. The molecule has 2 fully saturated rings. The van der Waals surface area contributed by atoms with Gasteiger partial charge in [0.25, 0.3) is 10.0 Å². The van der Waals surface area contributed by atoms with Crippen LogP contribution in [0.25, 0.3) is 10.9 Å². The predicted octanol–water partition coefficient (Wildman–Crippen LogP) is 6.41. The number of benzene rings is 2. The third-order valence-corrected chi connectivity index (χ3v) is 11.3. The molecule has 8 nitrogen and oxygen atoms in total. The fourth-order valence-electron chi connectivity index (χ4n) is 6.60. The van der Waals surface area contributed by atoms with Gasteiger partial charge >= 0.3 is 0 Å². The molecular formula is C33H38ClN5O3S. The largest absolute Gasteiger partial charge is 0.371 e. The van der Waals surface area contributed by atoms with Gasteiger partial charge in [0, 0.05) is 68.4 Å². The Hall–Kier alpha value is -3.56. The van der Waals surface area contributed by atoms with E-state index in [-0.39, 0.29) is 10.8 Å². The molecule has 2 aliphatic heterocycles. The fraction of sp³-hybridized carbons (Fsp3) is 0.394. The van der Waals surface area contributed by atoms with Crippen LogP contribution in [-0.4, -0.2) is 55.0 Å². The molecule has 0 radical (unpaired) electrons. The van der Waals surface area contributed by atoms with Gasteiger partial charge in [0.1, 0.15) is 0 Å². The van der Waals surface area contributed by atoms with Gasteiger partial charge in [-0.25, -0.2) is 8.42 Å². The molecule has 2 aromatic heterocycles. The Morgan fingerprint density at radius 1 is 0.930 bits per heavy atom. The quantitative estimate of drug-likeness (QED) is 0.258. The number of nitrogens with zero attached hydrogens (tertiary/aromatic N) is 4. The van der Waals surface area contributed by atoms with Crippen LogP contribution in [0.1, 0.15) is 43.2 Å². The molecule has 1 amide bonds. The smallest absolute Gasteiger partial charge is 0.262 e. The van der Waals surface area contributed by atoms with E-state index in [1.54, 1.807) is 32.0 Å². The number of hydrogen-bond donors (Lipinski definition) is 1. The third-order valence-electron chi connectivity index (χ3n) is 9.37. The highest BCUT2D eigenvalue weighted by molar-refractivity contribution is 7.92. The first-order valence-electron chi connectivity index (χ1n) is 14.9. The summed E-state index contributed by atoms with van der Waals surface area (Å²) in [5.41, 5.74) is 4.23. The Morgan fingerprint density at radius 3 is 2.35 bits per heavy atom. The number of nitrogens with one attached hydrogen (secondary N) is 1. The minimum absolute atomic E-state index is 0.177. The number of carbonyl (C=O) groups is 1. The van der Waals surface area contributed by atoms with Crippen molar-refractivity contribution >= 4 is 49.8 Å². The maximum Gasteiger partial charge on any atom is 0.262 e. The van der Waals surface area contributed by atoms with E-state index < -0.39 is 10.0 Å². The zero-order valence-electron chi connectivity index (χ0n) is 24.7. The summed E-state index contributed by atoms with van der Waals surface area (Å²) in [4.78, 5) is 22.0. The molecule has 2 aromatic carbocycles. The van der Waals surface area contributed by atoms with Gasteiger partial charge in [-0.15, -0.1) is 0 Å². The number of pyridine rings is 1. The van der Waals surface area contributed by atoms with Crippen molar-refractivity contribution in [3.05, 3.63) is 83.3 Å². The summed E-state index contributed by atoms with van der Waals surface area (Å²) in [5, 5.41) is 1.53. The molecule has 0 unspecified atom stereocenters. The molecule has 1 N–H and O–H groups in total. The molecule has 2 saturated heterocycles. The Morgan fingerprint density at radius 2 is 1.63 bits per heavy atom. The van der Waals surface area contributed by atoms with Crippen molar-refractivity contribution in [2.24, 2.45) is 5.41 Å². The molecule has 6 rings (SSSR count). The summed E-state index contributed by atoms with van der Waals surface area (Å²) in [6.45, 7) is 7.80. The van der Waals surface area contributed by atoms with E-state index in [1.165, 1.54) is 5.69 Å². The lowest BCUT2D eigenvalue weighted by Crippen LogP contribution is -2.48. The number of carbonyl (C=O) groups excluding carboxylic acids is 1. The van der Waals surface area contributed by atoms with E-state index in [2.05, 4.69) is 26.7 Å². The second-order valence-electron chi connectivity index (χ2n) is 12.1. The van der Waals surface area contributed by atoms with E-state index in [4.69, 9.17) is 11.6 Å². The number of halogens is 1.